The molecule has 21 heavy (non-hydrogen) atoms. The number of aliphatic carboxylic acids is 1. The molecule has 1 aromatic rings. The lowest BCUT2D eigenvalue weighted by Crippen LogP contribution is -2.38. The largest absolute Gasteiger partial charge is 0.481 e. The van der Waals surface area contributed by atoms with E-state index in [1.165, 1.54) is 9.87 Å². The van der Waals surface area contributed by atoms with Crippen LogP contribution in [0.5, 0.6) is 0 Å². The third-order valence-corrected chi connectivity index (χ3v) is 5.87. The van der Waals surface area contributed by atoms with Gasteiger partial charge in [-0.1, -0.05) is 6.07 Å². The molecule has 0 spiro atoms. The first kappa shape index (κ1) is 16.0. The zero-order valence-corrected chi connectivity index (χ0v) is 13.2. The first-order valence-electron chi connectivity index (χ1n) is 7.18. The summed E-state index contributed by atoms with van der Waals surface area (Å²) >= 11 is 0. The first-order valence-corrected chi connectivity index (χ1v) is 8.62. The maximum atomic E-state index is 12.7. The second-order valence-corrected chi connectivity index (χ2v) is 7.53. The fourth-order valence-electron chi connectivity index (χ4n) is 2.71. The topological polar surface area (TPSA) is 74.7 Å². The molecule has 0 aromatic heterocycles. The molecule has 5 nitrogen and oxygen atoms in total. The molecule has 0 radical (unpaired) electrons. The van der Waals surface area contributed by atoms with Crippen molar-refractivity contribution in [3.63, 3.8) is 0 Å². The molecule has 116 valence electrons. The van der Waals surface area contributed by atoms with Crippen molar-refractivity contribution < 1.29 is 18.3 Å². The minimum Gasteiger partial charge on any atom is -0.481 e. The molecule has 0 saturated heterocycles. The molecule has 1 aliphatic carbocycles. The lowest BCUT2D eigenvalue weighted by atomic mass is 10.1. The molecule has 0 atom stereocenters. The van der Waals surface area contributed by atoms with Gasteiger partial charge in [0.05, 0.1) is 11.3 Å². The monoisotopic (exact) mass is 311 g/mol. The molecule has 0 bridgehead atoms. The van der Waals surface area contributed by atoms with E-state index in [4.69, 9.17) is 5.11 Å². The number of carboxylic acids is 1. The van der Waals surface area contributed by atoms with Gasteiger partial charge in [0.1, 0.15) is 0 Å². The Morgan fingerprint density at radius 1 is 1.29 bits per heavy atom. The SMILES string of the molecule is CC(C)N(CCC(=O)O)S(=O)(=O)c1ccc2c(c1)CCC2. The number of benzene rings is 1. The van der Waals surface area contributed by atoms with E-state index in [9.17, 15) is 13.2 Å². The predicted octanol–water partition coefficient (Wildman–Crippen LogP) is 2.05. The quantitative estimate of drug-likeness (QED) is 0.872. The minimum atomic E-state index is -3.65. The van der Waals surface area contributed by atoms with Crippen LogP contribution in [-0.4, -0.2) is 36.4 Å². The van der Waals surface area contributed by atoms with Gasteiger partial charge in [-0.2, -0.15) is 4.31 Å². The van der Waals surface area contributed by atoms with Gasteiger partial charge in [-0.25, -0.2) is 8.42 Å². The average Bonchev–Trinajstić information content (AvgIpc) is 2.84. The summed E-state index contributed by atoms with van der Waals surface area (Å²) in [5, 5.41) is 8.79. The Morgan fingerprint density at radius 3 is 2.57 bits per heavy atom. The standard InChI is InChI=1S/C15H21NO4S/c1-11(2)16(9-8-15(17)18)21(19,20)14-7-6-12-4-3-5-13(12)10-14/h6-7,10-11H,3-5,8-9H2,1-2H3,(H,17,18). The van der Waals surface area contributed by atoms with Crippen molar-refractivity contribution >= 4 is 16.0 Å². The number of rotatable bonds is 6. The number of hydrogen-bond acceptors (Lipinski definition) is 3. The highest BCUT2D eigenvalue weighted by atomic mass is 32.2. The molecule has 1 aromatic carbocycles. The van der Waals surface area contributed by atoms with Crippen molar-refractivity contribution in [1.82, 2.24) is 4.31 Å². The van der Waals surface area contributed by atoms with Crippen LogP contribution in [0.3, 0.4) is 0 Å². The van der Waals surface area contributed by atoms with E-state index in [2.05, 4.69) is 0 Å². The smallest absolute Gasteiger partial charge is 0.304 e. The first-order chi connectivity index (χ1) is 9.82. The highest BCUT2D eigenvalue weighted by Gasteiger charge is 2.28. The summed E-state index contributed by atoms with van der Waals surface area (Å²) in [6, 6.07) is 4.98. The van der Waals surface area contributed by atoms with Crippen LogP contribution in [0, 0.1) is 0 Å². The van der Waals surface area contributed by atoms with Crippen LogP contribution in [0.25, 0.3) is 0 Å². The Balaban J connectivity index is 2.31. The molecular weight excluding hydrogens is 290 g/mol. The Morgan fingerprint density at radius 2 is 1.95 bits per heavy atom. The molecular formula is C15H21NO4S. The highest BCUT2D eigenvalue weighted by molar-refractivity contribution is 7.89. The lowest BCUT2D eigenvalue weighted by molar-refractivity contribution is -0.137. The fraction of sp³-hybridized carbons (Fsp3) is 0.533. The number of fused-ring (bicyclic) bond motifs is 1. The maximum Gasteiger partial charge on any atom is 0.304 e. The zero-order valence-electron chi connectivity index (χ0n) is 12.4. The van der Waals surface area contributed by atoms with Gasteiger partial charge in [0, 0.05) is 12.6 Å². The van der Waals surface area contributed by atoms with Gasteiger partial charge in [-0.05, 0) is 56.4 Å². The van der Waals surface area contributed by atoms with Gasteiger partial charge in [-0.3, -0.25) is 4.79 Å². The van der Waals surface area contributed by atoms with E-state index in [0.717, 1.165) is 24.8 Å². The summed E-state index contributed by atoms with van der Waals surface area (Å²) in [6.07, 6.45) is 2.78. The van der Waals surface area contributed by atoms with Crippen LogP contribution < -0.4 is 0 Å². The lowest BCUT2D eigenvalue weighted by Gasteiger charge is -2.25. The van der Waals surface area contributed by atoms with E-state index >= 15 is 0 Å². The Bertz CT molecular complexity index is 637. The van der Waals surface area contributed by atoms with Crippen LogP contribution in [0.4, 0.5) is 0 Å². The van der Waals surface area contributed by atoms with Gasteiger partial charge in [-0.15, -0.1) is 0 Å². The number of hydrogen-bond donors (Lipinski definition) is 1. The molecule has 2 rings (SSSR count). The molecule has 6 heteroatoms. The third-order valence-electron chi connectivity index (χ3n) is 3.80. The van der Waals surface area contributed by atoms with Crippen molar-refractivity contribution in [3.8, 4) is 0 Å². The molecule has 0 heterocycles. The van der Waals surface area contributed by atoms with Gasteiger partial charge in [0.15, 0.2) is 0 Å². The van der Waals surface area contributed by atoms with Gasteiger partial charge >= 0.3 is 5.97 Å². The van der Waals surface area contributed by atoms with Crippen LogP contribution in [0.1, 0.15) is 37.8 Å². The highest BCUT2D eigenvalue weighted by Crippen LogP contribution is 2.27. The van der Waals surface area contributed by atoms with Crippen molar-refractivity contribution in [2.45, 2.75) is 50.5 Å². The van der Waals surface area contributed by atoms with Crippen LogP contribution in [0.15, 0.2) is 23.1 Å². The normalized spacial score (nSPS) is 14.7. The van der Waals surface area contributed by atoms with Crippen molar-refractivity contribution in [3.05, 3.63) is 29.3 Å². The molecule has 0 amide bonds. The fourth-order valence-corrected chi connectivity index (χ4v) is 4.39. The van der Waals surface area contributed by atoms with E-state index in [1.807, 2.05) is 6.07 Å². The number of aryl methyl sites for hydroxylation is 2. The Hall–Kier alpha value is -1.40. The van der Waals surface area contributed by atoms with E-state index in [0.29, 0.717) is 0 Å². The molecule has 1 N–H and O–H groups in total. The minimum absolute atomic E-state index is 0.00752. The second-order valence-electron chi connectivity index (χ2n) is 5.64. The molecule has 0 saturated carbocycles. The summed E-state index contributed by atoms with van der Waals surface area (Å²) < 4.78 is 26.7. The van der Waals surface area contributed by atoms with E-state index < -0.39 is 16.0 Å². The van der Waals surface area contributed by atoms with Gasteiger partial charge < -0.3 is 5.11 Å². The van der Waals surface area contributed by atoms with E-state index in [1.54, 1.807) is 26.0 Å². The second kappa shape index (κ2) is 6.15. The number of carbonyl (C=O) groups is 1. The number of nitrogens with zero attached hydrogens (tertiary/aromatic N) is 1. The molecule has 0 fully saturated rings. The third kappa shape index (κ3) is 3.44. The summed E-state index contributed by atoms with van der Waals surface area (Å²) in [7, 11) is -3.65. The van der Waals surface area contributed by atoms with Crippen molar-refractivity contribution in [2.75, 3.05) is 6.54 Å². The van der Waals surface area contributed by atoms with Crippen LogP contribution in [-0.2, 0) is 27.7 Å². The Labute approximate surface area is 125 Å². The number of carboxylic acid groups (broad SMARTS) is 1. The van der Waals surface area contributed by atoms with Crippen LogP contribution >= 0.6 is 0 Å². The van der Waals surface area contributed by atoms with Crippen molar-refractivity contribution in [1.29, 1.82) is 0 Å². The summed E-state index contributed by atoms with van der Waals surface area (Å²) in [5.41, 5.74) is 2.31. The predicted molar refractivity (Wildman–Crippen MR) is 79.7 cm³/mol. The molecule has 1 aliphatic rings. The van der Waals surface area contributed by atoms with E-state index in [-0.39, 0.29) is 23.9 Å². The summed E-state index contributed by atoms with van der Waals surface area (Å²) in [6.45, 7) is 3.51. The van der Waals surface area contributed by atoms with Crippen molar-refractivity contribution in [2.24, 2.45) is 0 Å². The number of sulfonamides is 1. The zero-order chi connectivity index (χ0) is 15.6. The van der Waals surface area contributed by atoms with Crippen LogP contribution in [0.2, 0.25) is 0 Å². The van der Waals surface area contributed by atoms with Gasteiger partial charge in [0.2, 0.25) is 10.0 Å². The molecule has 0 aliphatic heterocycles. The molecule has 0 unspecified atom stereocenters. The summed E-state index contributed by atoms with van der Waals surface area (Å²) in [4.78, 5) is 11.0. The average molecular weight is 311 g/mol. The summed E-state index contributed by atoms with van der Waals surface area (Å²) in [5.74, 6) is -0.996. The maximum absolute atomic E-state index is 12.7. The Kier molecular flexibility index (Phi) is 4.68. The van der Waals surface area contributed by atoms with Gasteiger partial charge in [0.25, 0.3) is 0 Å².